The van der Waals surface area contributed by atoms with Gasteiger partial charge < -0.3 is 15.0 Å². The Hall–Kier alpha value is -2.67. The molecular formula is C23H24ClN3O3. The molecule has 1 aliphatic rings. The van der Waals surface area contributed by atoms with Crippen LogP contribution in [-0.4, -0.2) is 48.6 Å². The maximum absolute atomic E-state index is 13.0. The van der Waals surface area contributed by atoms with Crippen molar-refractivity contribution in [3.63, 3.8) is 0 Å². The van der Waals surface area contributed by atoms with Crippen LogP contribution < -0.4 is 10.7 Å². The van der Waals surface area contributed by atoms with Crippen molar-refractivity contribution in [3.05, 3.63) is 80.6 Å². The van der Waals surface area contributed by atoms with Crippen LogP contribution >= 0.6 is 11.6 Å². The van der Waals surface area contributed by atoms with Crippen LogP contribution in [0.15, 0.2) is 53.5 Å². The van der Waals surface area contributed by atoms with Crippen molar-refractivity contribution in [3.8, 4) is 0 Å². The van der Waals surface area contributed by atoms with Crippen LogP contribution in [0.2, 0.25) is 5.02 Å². The molecule has 1 amide bonds. The van der Waals surface area contributed by atoms with E-state index in [-0.39, 0.29) is 16.9 Å². The quantitative estimate of drug-likeness (QED) is 0.636. The van der Waals surface area contributed by atoms with E-state index in [9.17, 15) is 9.59 Å². The van der Waals surface area contributed by atoms with Crippen molar-refractivity contribution in [1.29, 1.82) is 0 Å². The van der Waals surface area contributed by atoms with Crippen LogP contribution in [0.4, 0.5) is 0 Å². The molecule has 0 radical (unpaired) electrons. The number of carbonyl (C=O) groups is 1. The minimum absolute atomic E-state index is 0.127. The third kappa shape index (κ3) is 4.90. The van der Waals surface area contributed by atoms with E-state index in [0.717, 1.165) is 49.5 Å². The molecule has 4 rings (SSSR count). The van der Waals surface area contributed by atoms with Crippen LogP contribution in [0.1, 0.15) is 21.5 Å². The summed E-state index contributed by atoms with van der Waals surface area (Å²) >= 11 is 5.89. The molecule has 0 unspecified atom stereocenters. The third-order valence-electron chi connectivity index (χ3n) is 5.31. The topological polar surface area (TPSA) is 74.4 Å². The van der Waals surface area contributed by atoms with Crippen molar-refractivity contribution < 1.29 is 9.53 Å². The minimum atomic E-state index is -0.370. The van der Waals surface area contributed by atoms with Gasteiger partial charge in [0.05, 0.1) is 13.2 Å². The molecule has 30 heavy (non-hydrogen) atoms. The molecule has 0 aliphatic carbocycles. The Labute approximate surface area is 179 Å². The van der Waals surface area contributed by atoms with Crippen LogP contribution in [0.5, 0.6) is 0 Å². The Kier molecular flexibility index (Phi) is 6.47. The molecule has 0 atom stereocenters. The fourth-order valence-corrected chi connectivity index (χ4v) is 3.74. The predicted molar refractivity (Wildman–Crippen MR) is 118 cm³/mol. The van der Waals surface area contributed by atoms with Crippen LogP contribution in [-0.2, 0) is 17.7 Å². The van der Waals surface area contributed by atoms with Gasteiger partial charge in [-0.25, -0.2) is 0 Å². The summed E-state index contributed by atoms with van der Waals surface area (Å²) in [7, 11) is 0. The highest BCUT2D eigenvalue weighted by Crippen LogP contribution is 2.14. The number of pyridine rings is 1. The minimum Gasteiger partial charge on any atom is -0.379 e. The lowest BCUT2D eigenvalue weighted by molar-refractivity contribution is 0.0342. The number of benzene rings is 2. The van der Waals surface area contributed by atoms with E-state index in [2.05, 4.69) is 15.2 Å². The van der Waals surface area contributed by atoms with Gasteiger partial charge in [0, 0.05) is 48.3 Å². The number of H-pyrrole nitrogens is 1. The predicted octanol–water partition coefficient (Wildman–Crippen LogP) is 2.99. The Balaban J connectivity index is 1.46. The number of ether oxygens (including phenoxy) is 1. The fraction of sp³-hybridized carbons (Fsp3) is 0.304. The van der Waals surface area contributed by atoms with Gasteiger partial charge in [0.2, 0.25) is 5.43 Å². The maximum Gasteiger partial charge on any atom is 0.256 e. The summed E-state index contributed by atoms with van der Waals surface area (Å²) in [6.07, 6.45) is 2.15. The normalized spacial score (nSPS) is 14.7. The summed E-state index contributed by atoms with van der Waals surface area (Å²) in [5.41, 5.74) is 2.72. The smallest absolute Gasteiger partial charge is 0.256 e. The summed E-state index contributed by atoms with van der Waals surface area (Å²) in [5, 5.41) is 4.05. The molecule has 1 saturated heterocycles. The lowest BCUT2D eigenvalue weighted by Crippen LogP contribution is -2.35. The average Bonchev–Trinajstić information content (AvgIpc) is 2.76. The van der Waals surface area contributed by atoms with Gasteiger partial charge in [0.15, 0.2) is 0 Å². The highest BCUT2D eigenvalue weighted by Gasteiger charge is 2.15. The summed E-state index contributed by atoms with van der Waals surface area (Å²) in [6.45, 7) is 4.42. The molecule has 1 aromatic heterocycles. The highest BCUT2D eigenvalue weighted by molar-refractivity contribution is 6.30. The molecule has 7 heteroatoms. The first-order valence-corrected chi connectivity index (χ1v) is 10.4. The number of nitrogens with zero attached hydrogens (tertiary/aromatic N) is 1. The van der Waals surface area contributed by atoms with E-state index in [1.807, 2.05) is 42.5 Å². The number of halogens is 1. The van der Waals surface area contributed by atoms with Crippen molar-refractivity contribution >= 4 is 28.4 Å². The Bertz CT molecular complexity index is 1090. The molecule has 1 aliphatic heterocycles. The van der Waals surface area contributed by atoms with E-state index in [0.29, 0.717) is 23.4 Å². The molecule has 6 nitrogen and oxygen atoms in total. The number of fused-ring (bicyclic) bond motifs is 1. The number of hydrogen-bond donors (Lipinski definition) is 2. The average molecular weight is 426 g/mol. The second-order valence-corrected chi connectivity index (χ2v) is 7.87. The van der Waals surface area contributed by atoms with E-state index >= 15 is 0 Å². The van der Waals surface area contributed by atoms with E-state index in [4.69, 9.17) is 16.3 Å². The fourth-order valence-electron chi connectivity index (χ4n) is 3.62. The van der Waals surface area contributed by atoms with Crippen molar-refractivity contribution in [2.24, 2.45) is 0 Å². The van der Waals surface area contributed by atoms with Gasteiger partial charge in [-0.05, 0) is 41.8 Å². The number of amides is 1. The Morgan fingerprint density at radius 1 is 1.10 bits per heavy atom. The van der Waals surface area contributed by atoms with Gasteiger partial charge in [0.25, 0.3) is 5.91 Å². The van der Waals surface area contributed by atoms with Gasteiger partial charge >= 0.3 is 0 Å². The molecule has 2 aromatic carbocycles. The van der Waals surface area contributed by atoms with Gasteiger partial charge in [-0.3, -0.25) is 14.5 Å². The number of morpholine rings is 1. The third-order valence-corrected chi connectivity index (χ3v) is 5.56. The van der Waals surface area contributed by atoms with Gasteiger partial charge in [0.1, 0.15) is 5.56 Å². The van der Waals surface area contributed by atoms with E-state index < -0.39 is 0 Å². The Morgan fingerprint density at radius 2 is 1.83 bits per heavy atom. The molecule has 0 bridgehead atoms. The summed E-state index contributed by atoms with van der Waals surface area (Å²) in [6, 6.07) is 13.3. The molecule has 2 N–H and O–H groups in total. The molecule has 2 heterocycles. The molecule has 0 saturated carbocycles. The second-order valence-electron chi connectivity index (χ2n) is 7.43. The van der Waals surface area contributed by atoms with E-state index in [1.165, 1.54) is 6.20 Å². The molecule has 0 spiro atoms. The molecule has 3 aromatic rings. The number of aromatic nitrogens is 1. The van der Waals surface area contributed by atoms with Gasteiger partial charge in [-0.15, -0.1) is 0 Å². The standard InChI is InChI=1S/C23H24ClN3O3/c24-18-4-1-16(2-5-18)7-8-25-23(29)20-14-26-21-6-3-17(13-19(21)22(20)28)15-27-9-11-30-12-10-27/h1-6,13-14H,7-12,15H2,(H,25,29)(H,26,28). The Morgan fingerprint density at radius 3 is 2.60 bits per heavy atom. The molecular weight excluding hydrogens is 402 g/mol. The largest absolute Gasteiger partial charge is 0.379 e. The number of carbonyl (C=O) groups excluding carboxylic acids is 1. The zero-order chi connectivity index (χ0) is 20.9. The summed E-state index contributed by atoms with van der Waals surface area (Å²) in [5.74, 6) is -0.370. The van der Waals surface area contributed by atoms with Crippen molar-refractivity contribution in [1.82, 2.24) is 15.2 Å². The van der Waals surface area contributed by atoms with Crippen molar-refractivity contribution in [2.75, 3.05) is 32.8 Å². The SMILES string of the molecule is O=C(NCCc1ccc(Cl)cc1)c1c[nH]c2ccc(CN3CCOCC3)cc2c1=O. The van der Waals surface area contributed by atoms with Crippen LogP contribution in [0, 0.1) is 0 Å². The molecule has 156 valence electrons. The van der Waals surface area contributed by atoms with Gasteiger partial charge in [-0.2, -0.15) is 0 Å². The first-order chi connectivity index (χ1) is 14.6. The van der Waals surface area contributed by atoms with Crippen LogP contribution in [0.3, 0.4) is 0 Å². The number of rotatable bonds is 6. The number of aromatic amines is 1. The van der Waals surface area contributed by atoms with E-state index in [1.54, 1.807) is 0 Å². The monoisotopic (exact) mass is 425 g/mol. The summed E-state index contributed by atoms with van der Waals surface area (Å²) in [4.78, 5) is 30.9. The van der Waals surface area contributed by atoms with Crippen molar-refractivity contribution in [2.45, 2.75) is 13.0 Å². The zero-order valence-corrected chi connectivity index (χ0v) is 17.4. The number of nitrogens with one attached hydrogen (secondary N) is 2. The highest BCUT2D eigenvalue weighted by atomic mass is 35.5. The van der Waals surface area contributed by atoms with Gasteiger partial charge in [-0.1, -0.05) is 29.8 Å². The first kappa shape index (κ1) is 20.6. The lowest BCUT2D eigenvalue weighted by Gasteiger charge is -2.26. The lowest BCUT2D eigenvalue weighted by atomic mass is 10.1. The number of hydrogen-bond acceptors (Lipinski definition) is 4. The zero-order valence-electron chi connectivity index (χ0n) is 16.6. The first-order valence-electron chi connectivity index (χ1n) is 10.1. The summed E-state index contributed by atoms with van der Waals surface area (Å²) < 4.78 is 5.39. The maximum atomic E-state index is 13.0. The van der Waals surface area contributed by atoms with Crippen LogP contribution in [0.25, 0.3) is 10.9 Å². The molecule has 1 fully saturated rings. The second kappa shape index (κ2) is 9.43.